The van der Waals surface area contributed by atoms with Crippen LogP contribution in [0, 0.1) is 0 Å². The van der Waals surface area contributed by atoms with Crippen molar-refractivity contribution in [3.05, 3.63) is 24.3 Å². The third-order valence-corrected chi connectivity index (χ3v) is 4.36. The van der Waals surface area contributed by atoms with Gasteiger partial charge in [0.1, 0.15) is 5.75 Å². The monoisotopic (exact) mass is 333 g/mol. The number of aliphatic imine (C=N–C) groups is 1. The van der Waals surface area contributed by atoms with Gasteiger partial charge in [-0.1, -0.05) is 31.4 Å². The van der Waals surface area contributed by atoms with Crippen molar-refractivity contribution in [3.63, 3.8) is 0 Å². The number of guanidine groups is 1. The number of hydrogen-bond donors (Lipinski definition) is 2. The normalized spacial score (nSPS) is 16.1. The maximum absolute atomic E-state index is 5.93. The lowest BCUT2D eigenvalue weighted by Gasteiger charge is -2.21. The second-order valence-electron chi connectivity index (χ2n) is 6.28. The van der Waals surface area contributed by atoms with Crippen LogP contribution in [0.5, 0.6) is 5.75 Å². The summed E-state index contributed by atoms with van der Waals surface area (Å²) >= 11 is 0. The number of hydrogen-bond acceptors (Lipinski definition) is 3. The molecule has 0 aliphatic heterocycles. The first-order chi connectivity index (χ1) is 11.8. The number of unbranched alkanes of at least 4 members (excludes halogenated alkanes) is 2. The van der Waals surface area contributed by atoms with E-state index in [-0.39, 0.29) is 0 Å². The molecule has 0 heterocycles. The van der Waals surface area contributed by atoms with Crippen LogP contribution in [0.2, 0.25) is 0 Å². The number of methoxy groups -OCH3 is 1. The van der Waals surface area contributed by atoms with Crippen LogP contribution in [0.15, 0.2) is 29.3 Å². The number of nitrogens with one attached hydrogen (secondary N) is 1. The van der Waals surface area contributed by atoms with Gasteiger partial charge in [0.2, 0.25) is 0 Å². The van der Waals surface area contributed by atoms with E-state index in [2.05, 4.69) is 10.3 Å². The number of para-hydroxylation sites is 2. The number of rotatable bonds is 9. The summed E-state index contributed by atoms with van der Waals surface area (Å²) in [5.74, 6) is 1.19. The number of nitrogens with two attached hydrogens (primary N) is 1. The fraction of sp³-hybridized carbons (Fsp3) is 0.632. The number of ether oxygens (including phenoxy) is 2. The lowest BCUT2D eigenvalue weighted by molar-refractivity contribution is 0.0264. The summed E-state index contributed by atoms with van der Waals surface area (Å²) < 4.78 is 11.2. The van der Waals surface area contributed by atoms with E-state index in [9.17, 15) is 0 Å². The highest BCUT2D eigenvalue weighted by atomic mass is 16.5. The minimum atomic E-state index is 0.429. The molecular weight excluding hydrogens is 302 g/mol. The molecule has 0 atom stereocenters. The first-order valence-electron chi connectivity index (χ1n) is 9.11. The Morgan fingerprint density at radius 1 is 1.17 bits per heavy atom. The highest BCUT2D eigenvalue weighted by Crippen LogP contribution is 2.22. The second kappa shape index (κ2) is 10.9. The zero-order chi connectivity index (χ0) is 17.0. The maximum Gasteiger partial charge on any atom is 0.193 e. The van der Waals surface area contributed by atoms with Crippen molar-refractivity contribution in [1.29, 1.82) is 0 Å². The molecule has 0 aromatic heterocycles. The van der Waals surface area contributed by atoms with Gasteiger partial charge >= 0.3 is 0 Å². The SMILES string of the molecule is COc1ccccc1NC(N)=NCCCCCOC1CCCCC1. The fourth-order valence-electron chi connectivity index (χ4n) is 3.00. The molecule has 0 spiro atoms. The van der Waals surface area contributed by atoms with Crippen LogP contribution in [0.1, 0.15) is 51.4 Å². The molecule has 2 rings (SSSR count). The molecule has 1 saturated carbocycles. The van der Waals surface area contributed by atoms with Crippen molar-refractivity contribution in [2.45, 2.75) is 57.5 Å². The van der Waals surface area contributed by atoms with E-state index in [0.29, 0.717) is 12.1 Å². The first-order valence-corrected chi connectivity index (χ1v) is 9.11. The Hall–Kier alpha value is -1.75. The van der Waals surface area contributed by atoms with Gasteiger partial charge in [0.05, 0.1) is 18.9 Å². The molecule has 5 heteroatoms. The molecule has 134 valence electrons. The van der Waals surface area contributed by atoms with E-state index >= 15 is 0 Å². The molecule has 0 amide bonds. The van der Waals surface area contributed by atoms with Crippen LogP contribution in [-0.4, -0.2) is 32.3 Å². The van der Waals surface area contributed by atoms with Crippen LogP contribution >= 0.6 is 0 Å². The molecule has 1 aromatic rings. The fourth-order valence-corrected chi connectivity index (χ4v) is 3.00. The van der Waals surface area contributed by atoms with Gasteiger partial charge in [-0.3, -0.25) is 4.99 Å². The quantitative estimate of drug-likeness (QED) is 0.408. The Bertz CT molecular complexity index is 499. The molecular formula is C19H31N3O2. The van der Waals surface area contributed by atoms with Gasteiger partial charge in [-0.2, -0.15) is 0 Å². The standard InChI is InChI=1S/C19H31N3O2/c1-23-18-13-7-6-12-17(18)22-19(20)21-14-8-3-9-15-24-16-10-4-2-5-11-16/h6-7,12-13,16H,2-5,8-11,14-15H2,1H3,(H3,20,21,22). The van der Waals surface area contributed by atoms with E-state index in [4.69, 9.17) is 15.2 Å². The molecule has 0 unspecified atom stereocenters. The summed E-state index contributed by atoms with van der Waals surface area (Å²) in [6.07, 6.45) is 10.3. The van der Waals surface area contributed by atoms with E-state index < -0.39 is 0 Å². The molecule has 0 saturated heterocycles. The number of anilines is 1. The van der Waals surface area contributed by atoms with Gasteiger partial charge in [-0.25, -0.2) is 0 Å². The van der Waals surface area contributed by atoms with Crippen molar-refractivity contribution in [1.82, 2.24) is 0 Å². The highest BCUT2D eigenvalue weighted by Gasteiger charge is 2.12. The lowest BCUT2D eigenvalue weighted by Crippen LogP contribution is -2.23. The minimum Gasteiger partial charge on any atom is -0.495 e. The van der Waals surface area contributed by atoms with Crippen LogP contribution in [0.3, 0.4) is 0 Å². The Labute approximate surface area is 145 Å². The molecule has 24 heavy (non-hydrogen) atoms. The Balaban J connectivity index is 1.56. The Morgan fingerprint density at radius 3 is 2.75 bits per heavy atom. The van der Waals surface area contributed by atoms with Crippen molar-refractivity contribution in [3.8, 4) is 5.75 Å². The Kier molecular flexibility index (Phi) is 8.46. The molecule has 1 aliphatic rings. The van der Waals surface area contributed by atoms with Crippen LogP contribution in [-0.2, 0) is 4.74 Å². The second-order valence-corrected chi connectivity index (χ2v) is 6.28. The maximum atomic E-state index is 5.93. The van der Waals surface area contributed by atoms with Gasteiger partial charge < -0.3 is 20.5 Å². The van der Waals surface area contributed by atoms with E-state index in [1.807, 2.05) is 24.3 Å². The molecule has 0 radical (unpaired) electrons. The molecule has 3 N–H and O–H groups in total. The smallest absolute Gasteiger partial charge is 0.193 e. The number of nitrogens with zero attached hydrogens (tertiary/aromatic N) is 1. The predicted molar refractivity (Wildman–Crippen MR) is 99.8 cm³/mol. The van der Waals surface area contributed by atoms with Crippen molar-refractivity contribution in [2.75, 3.05) is 25.6 Å². The molecule has 1 aliphatic carbocycles. The van der Waals surface area contributed by atoms with Crippen molar-refractivity contribution < 1.29 is 9.47 Å². The third kappa shape index (κ3) is 6.79. The predicted octanol–water partition coefficient (Wildman–Crippen LogP) is 3.94. The van der Waals surface area contributed by atoms with Gasteiger partial charge in [0, 0.05) is 13.2 Å². The Morgan fingerprint density at radius 2 is 1.96 bits per heavy atom. The number of benzene rings is 1. The minimum absolute atomic E-state index is 0.429. The summed E-state index contributed by atoms with van der Waals surface area (Å²) in [7, 11) is 1.64. The third-order valence-electron chi connectivity index (χ3n) is 4.36. The highest BCUT2D eigenvalue weighted by molar-refractivity contribution is 5.93. The topological polar surface area (TPSA) is 68.9 Å². The van der Waals surface area contributed by atoms with Gasteiger partial charge in [0.25, 0.3) is 0 Å². The lowest BCUT2D eigenvalue weighted by atomic mass is 9.98. The summed E-state index contributed by atoms with van der Waals surface area (Å²) in [4.78, 5) is 4.37. The average molecular weight is 333 g/mol. The summed E-state index contributed by atoms with van der Waals surface area (Å²) in [5, 5.41) is 3.08. The van der Waals surface area contributed by atoms with Crippen LogP contribution in [0.4, 0.5) is 5.69 Å². The first kappa shape index (κ1) is 18.6. The van der Waals surface area contributed by atoms with E-state index in [0.717, 1.165) is 43.9 Å². The molecule has 0 bridgehead atoms. The molecule has 5 nitrogen and oxygen atoms in total. The van der Waals surface area contributed by atoms with E-state index in [1.165, 1.54) is 32.1 Å². The average Bonchev–Trinajstić information content (AvgIpc) is 2.62. The zero-order valence-electron chi connectivity index (χ0n) is 14.8. The van der Waals surface area contributed by atoms with Crippen LogP contribution < -0.4 is 15.8 Å². The zero-order valence-corrected chi connectivity index (χ0v) is 14.8. The van der Waals surface area contributed by atoms with Crippen molar-refractivity contribution >= 4 is 11.6 Å². The van der Waals surface area contributed by atoms with Gasteiger partial charge in [0.15, 0.2) is 5.96 Å². The molecule has 1 fully saturated rings. The summed E-state index contributed by atoms with van der Waals surface area (Å²) in [5.41, 5.74) is 6.76. The van der Waals surface area contributed by atoms with Crippen LogP contribution in [0.25, 0.3) is 0 Å². The van der Waals surface area contributed by atoms with Gasteiger partial charge in [-0.15, -0.1) is 0 Å². The summed E-state index contributed by atoms with van der Waals surface area (Å²) in [6.45, 7) is 1.61. The largest absolute Gasteiger partial charge is 0.495 e. The van der Waals surface area contributed by atoms with Gasteiger partial charge in [-0.05, 0) is 44.2 Å². The van der Waals surface area contributed by atoms with Crippen molar-refractivity contribution in [2.24, 2.45) is 10.7 Å². The molecule has 1 aromatic carbocycles. The summed E-state index contributed by atoms with van der Waals surface area (Å²) in [6, 6.07) is 7.67. The van der Waals surface area contributed by atoms with E-state index in [1.54, 1.807) is 7.11 Å².